The molecule has 1 fully saturated rings. The number of rotatable bonds is 4. The maximum absolute atomic E-state index is 12.3. The quantitative estimate of drug-likeness (QED) is 0.858. The van der Waals surface area contributed by atoms with E-state index in [-0.39, 0.29) is 0 Å². The normalized spacial score (nSPS) is 19.9. The average Bonchev–Trinajstić information content (AvgIpc) is 2.53. The number of likely N-dealkylation sites (tertiary alicyclic amines) is 1. The lowest BCUT2D eigenvalue weighted by atomic mass is 9.94. The smallest absolute Gasteiger partial charge is 0.326 e. The first-order valence-corrected chi connectivity index (χ1v) is 7.15. The van der Waals surface area contributed by atoms with Crippen LogP contribution in [0.15, 0.2) is 30.3 Å². The predicted molar refractivity (Wildman–Crippen MR) is 76.9 cm³/mol. The van der Waals surface area contributed by atoms with Gasteiger partial charge in [0.1, 0.15) is 6.04 Å². The monoisotopic (exact) mass is 289 g/mol. The van der Waals surface area contributed by atoms with Crippen molar-refractivity contribution < 1.29 is 19.5 Å². The van der Waals surface area contributed by atoms with Gasteiger partial charge in [0.15, 0.2) is 0 Å². The van der Waals surface area contributed by atoms with Crippen molar-refractivity contribution in [2.24, 2.45) is 0 Å². The molecule has 1 aliphatic rings. The lowest BCUT2D eigenvalue weighted by Gasteiger charge is -2.33. The lowest BCUT2D eigenvalue weighted by Crippen LogP contribution is -2.51. The van der Waals surface area contributed by atoms with Crippen molar-refractivity contribution in [2.75, 3.05) is 6.54 Å². The SMILES string of the molecule is CC(C(=O)C(=O)N1CCCC[C@H]1C(=O)O)c1ccccc1. The van der Waals surface area contributed by atoms with Gasteiger partial charge in [0.25, 0.3) is 5.91 Å². The first-order valence-electron chi connectivity index (χ1n) is 7.15. The maximum atomic E-state index is 12.3. The highest BCUT2D eigenvalue weighted by atomic mass is 16.4. The number of piperidine rings is 1. The van der Waals surface area contributed by atoms with Gasteiger partial charge in [-0.3, -0.25) is 9.59 Å². The van der Waals surface area contributed by atoms with Crippen LogP contribution < -0.4 is 0 Å². The molecule has 1 N–H and O–H groups in total. The van der Waals surface area contributed by atoms with E-state index >= 15 is 0 Å². The number of benzene rings is 1. The maximum Gasteiger partial charge on any atom is 0.326 e. The molecule has 0 aliphatic carbocycles. The van der Waals surface area contributed by atoms with E-state index < -0.39 is 29.6 Å². The van der Waals surface area contributed by atoms with Crippen molar-refractivity contribution in [1.82, 2.24) is 4.90 Å². The van der Waals surface area contributed by atoms with E-state index in [0.717, 1.165) is 18.4 Å². The lowest BCUT2D eigenvalue weighted by molar-refractivity contribution is -0.155. The molecule has 0 aromatic heterocycles. The third-order valence-corrected chi connectivity index (χ3v) is 3.95. The molecular weight excluding hydrogens is 270 g/mol. The van der Waals surface area contributed by atoms with Crippen molar-refractivity contribution in [3.63, 3.8) is 0 Å². The molecule has 1 aliphatic heterocycles. The molecule has 21 heavy (non-hydrogen) atoms. The molecule has 5 nitrogen and oxygen atoms in total. The third kappa shape index (κ3) is 3.29. The summed E-state index contributed by atoms with van der Waals surface area (Å²) in [7, 11) is 0. The highest BCUT2D eigenvalue weighted by molar-refractivity contribution is 6.38. The number of carbonyl (C=O) groups excluding carboxylic acids is 2. The van der Waals surface area contributed by atoms with Crippen LogP contribution >= 0.6 is 0 Å². The van der Waals surface area contributed by atoms with Crippen molar-refractivity contribution in [3.05, 3.63) is 35.9 Å². The Morgan fingerprint density at radius 3 is 2.48 bits per heavy atom. The number of hydrogen-bond acceptors (Lipinski definition) is 3. The molecule has 1 amide bonds. The van der Waals surface area contributed by atoms with Crippen LogP contribution in [0.3, 0.4) is 0 Å². The average molecular weight is 289 g/mol. The Kier molecular flexibility index (Phi) is 4.73. The zero-order valence-electron chi connectivity index (χ0n) is 12.0. The van der Waals surface area contributed by atoms with Gasteiger partial charge in [-0.1, -0.05) is 37.3 Å². The topological polar surface area (TPSA) is 74.7 Å². The van der Waals surface area contributed by atoms with E-state index in [9.17, 15) is 19.5 Å². The minimum absolute atomic E-state index is 0.336. The Balaban J connectivity index is 2.14. The largest absolute Gasteiger partial charge is 0.480 e. The van der Waals surface area contributed by atoms with Crippen molar-refractivity contribution in [2.45, 2.75) is 38.1 Å². The number of carbonyl (C=O) groups is 3. The van der Waals surface area contributed by atoms with E-state index in [2.05, 4.69) is 0 Å². The molecule has 0 bridgehead atoms. The van der Waals surface area contributed by atoms with Gasteiger partial charge in [-0.15, -0.1) is 0 Å². The standard InChI is InChI=1S/C16H19NO4/c1-11(12-7-3-2-4-8-12)14(18)15(19)17-10-6-5-9-13(17)16(20)21/h2-4,7-8,11,13H,5-6,9-10H2,1H3,(H,20,21)/t11?,13-/m0/s1. The Morgan fingerprint density at radius 1 is 1.19 bits per heavy atom. The third-order valence-electron chi connectivity index (χ3n) is 3.95. The number of aliphatic carboxylic acids is 1. The summed E-state index contributed by atoms with van der Waals surface area (Å²) >= 11 is 0. The van der Waals surface area contributed by atoms with Crippen LogP contribution in [0.2, 0.25) is 0 Å². The number of carboxylic acid groups (broad SMARTS) is 1. The molecule has 5 heteroatoms. The number of carboxylic acids is 1. The van der Waals surface area contributed by atoms with E-state index in [1.807, 2.05) is 18.2 Å². The van der Waals surface area contributed by atoms with Crippen molar-refractivity contribution >= 4 is 17.7 Å². The number of ketones is 1. The highest BCUT2D eigenvalue weighted by Crippen LogP contribution is 2.21. The van der Waals surface area contributed by atoms with Crippen LogP contribution in [-0.2, 0) is 14.4 Å². The van der Waals surface area contributed by atoms with Crippen LogP contribution in [0.25, 0.3) is 0 Å². The molecule has 0 saturated carbocycles. The van der Waals surface area contributed by atoms with Gasteiger partial charge >= 0.3 is 5.97 Å². The molecule has 112 valence electrons. The second-order valence-corrected chi connectivity index (χ2v) is 5.34. The van der Waals surface area contributed by atoms with Crippen LogP contribution in [0.4, 0.5) is 0 Å². The first-order chi connectivity index (χ1) is 10.0. The van der Waals surface area contributed by atoms with Crippen LogP contribution in [0, 0.1) is 0 Å². The first kappa shape index (κ1) is 15.2. The molecule has 1 aromatic rings. The van der Waals surface area contributed by atoms with E-state index in [1.165, 1.54) is 4.90 Å². The second kappa shape index (κ2) is 6.52. The van der Waals surface area contributed by atoms with Gasteiger partial charge in [0.2, 0.25) is 5.78 Å². The molecule has 1 heterocycles. The van der Waals surface area contributed by atoms with E-state index in [4.69, 9.17) is 0 Å². The summed E-state index contributed by atoms with van der Waals surface area (Å²) < 4.78 is 0. The zero-order valence-corrected chi connectivity index (χ0v) is 12.0. The Labute approximate surface area is 123 Å². The van der Waals surface area contributed by atoms with Crippen molar-refractivity contribution in [3.8, 4) is 0 Å². The van der Waals surface area contributed by atoms with Crippen LogP contribution in [0.1, 0.15) is 37.7 Å². The summed E-state index contributed by atoms with van der Waals surface area (Å²) in [5, 5.41) is 9.19. The van der Waals surface area contributed by atoms with Crippen molar-refractivity contribution in [1.29, 1.82) is 0 Å². The minimum atomic E-state index is -1.04. The molecule has 2 atom stereocenters. The second-order valence-electron chi connectivity index (χ2n) is 5.34. The molecule has 1 aromatic carbocycles. The number of nitrogens with zero attached hydrogens (tertiary/aromatic N) is 1. The molecule has 1 saturated heterocycles. The summed E-state index contributed by atoms with van der Waals surface area (Å²) in [6, 6.07) is 8.17. The summed E-state index contributed by atoms with van der Waals surface area (Å²) in [4.78, 5) is 37.1. The van der Waals surface area contributed by atoms with Crippen LogP contribution in [-0.4, -0.2) is 40.3 Å². The van der Waals surface area contributed by atoms with Gasteiger partial charge in [-0.05, 0) is 24.8 Å². The predicted octanol–water partition coefficient (Wildman–Crippen LogP) is 1.82. The van der Waals surface area contributed by atoms with Crippen LogP contribution in [0.5, 0.6) is 0 Å². The fourth-order valence-corrected chi connectivity index (χ4v) is 2.65. The van der Waals surface area contributed by atoms with Gasteiger partial charge < -0.3 is 10.0 Å². The summed E-state index contributed by atoms with van der Waals surface area (Å²) in [5.74, 6) is -2.83. The van der Waals surface area contributed by atoms with E-state index in [1.54, 1.807) is 19.1 Å². The number of Topliss-reactive ketones (excluding diaryl/α,β-unsaturated/α-hetero) is 1. The molecular formula is C16H19NO4. The van der Waals surface area contributed by atoms with E-state index in [0.29, 0.717) is 13.0 Å². The molecule has 1 unspecified atom stereocenters. The highest BCUT2D eigenvalue weighted by Gasteiger charge is 2.36. The molecule has 2 rings (SSSR count). The number of hydrogen-bond donors (Lipinski definition) is 1. The summed E-state index contributed by atoms with van der Waals surface area (Å²) in [6.45, 7) is 2.01. The summed E-state index contributed by atoms with van der Waals surface area (Å²) in [5.41, 5.74) is 0.764. The molecule has 0 spiro atoms. The van der Waals surface area contributed by atoms with Gasteiger partial charge in [-0.25, -0.2) is 4.79 Å². The van der Waals surface area contributed by atoms with Gasteiger partial charge in [0, 0.05) is 12.5 Å². The zero-order chi connectivity index (χ0) is 15.4. The van der Waals surface area contributed by atoms with Gasteiger partial charge in [-0.2, -0.15) is 0 Å². The Morgan fingerprint density at radius 2 is 1.86 bits per heavy atom. The Bertz CT molecular complexity index is 540. The summed E-state index contributed by atoms with van der Waals surface area (Å²) in [6.07, 6.45) is 1.92. The fraction of sp³-hybridized carbons (Fsp3) is 0.438. The van der Waals surface area contributed by atoms with Gasteiger partial charge in [0.05, 0.1) is 0 Å². The Hall–Kier alpha value is -2.17. The minimum Gasteiger partial charge on any atom is -0.480 e. The molecule has 0 radical (unpaired) electrons. The number of amides is 1. The fourth-order valence-electron chi connectivity index (χ4n) is 2.65.